The van der Waals surface area contributed by atoms with Gasteiger partial charge in [-0.1, -0.05) is 20.8 Å². The molecule has 1 unspecified atom stereocenters. The molecule has 3 rings (SSSR count). The van der Waals surface area contributed by atoms with E-state index in [4.69, 9.17) is 4.74 Å². The lowest BCUT2D eigenvalue weighted by atomic mass is 9.91. The van der Waals surface area contributed by atoms with Crippen LogP contribution in [0.15, 0.2) is 23.3 Å². The van der Waals surface area contributed by atoms with Crippen molar-refractivity contribution in [2.24, 2.45) is 11.3 Å². The lowest BCUT2D eigenvalue weighted by Gasteiger charge is -2.25. The van der Waals surface area contributed by atoms with E-state index in [1.165, 1.54) is 20.4 Å². The summed E-state index contributed by atoms with van der Waals surface area (Å²) in [7, 11) is 2.45. The van der Waals surface area contributed by atoms with Crippen LogP contribution in [0.25, 0.3) is 0 Å². The number of methoxy groups -OCH3 is 2. The predicted octanol–water partition coefficient (Wildman–Crippen LogP) is 1.59. The molecule has 0 bridgehead atoms. The van der Waals surface area contributed by atoms with Gasteiger partial charge in [-0.2, -0.15) is 4.98 Å². The van der Waals surface area contributed by atoms with E-state index in [0.29, 0.717) is 37.2 Å². The van der Waals surface area contributed by atoms with E-state index in [1.54, 1.807) is 33.0 Å². The third-order valence-corrected chi connectivity index (χ3v) is 6.53. The highest BCUT2D eigenvalue weighted by atomic mass is 16.5. The zero-order chi connectivity index (χ0) is 29.4. The zero-order valence-corrected chi connectivity index (χ0v) is 23.4. The number of anilines is 2. The standard InChI is InChI=1S/C27H36N6O7/c1-27(2,3)25(38)33-26-31-21-18(23(36)32-26)11-16(13-29-21)7-6-15-10-17(14-28-12-15)22(35)30-19(24(37)40-5)8-9-20(34)39-4/h10,12,14,16,19H,6-9,11,13H2,1-5H3,(H,30,35)(H3,29,31,32,33,36,38)/t16?,19-/m0/s1. The van der Waals surface area contributed by atoms with Gasteiger partial charge in [-0.3, -0.25) is 34.5 Å². The summed E-state index contributed by atoms with van der Waals surface area (Å²) in [6.45, 7) is 5.90. The van der Waals surface area contributed by atoms with Gasteiger partial charge in [0.1, 0.15) is 11.9 Å². The molecule has 0 saturated carbocycles. The summed E-state index contributed by atoms with van der Waals surface area (Å²) >= 11 is 0. The van der Waals surface area contributed by atoms with Gasteiger partial charge in [-0.05, 0) is 43.2 Å². The molecule has 0 radical (unpaired) electrons. The lowest BCUT2D eigenvalue weighted by molar-refractivity contribution is -0.144. The van der Waals surface area contributed by atoms with E-state index in [-0.39, 0.29) is 41.7 Å². The van der Waals surface area contributed by atoms with Gasteiger partial charge >= 0.3 is 11.9 Å². The van der Waals surface area contributed by atoms with Crippen LogP contribution in [-0.4, -0.2) is 65.5 Å². The van der Waals surface area contributed by atoms with Crippen molar-refractivity contribution in [3.8, 4) is 0 Å². The van der Waals surface area contributed by atoms with Crippen molar-refractivity contribution in [3.05, 3.63) is 45.5 Å². The second-order valence-corrected chi connectivity index (χ2v) is 10.7. The zero-order valence-electron chi connectivity index (χ0n) is 23.4. The first-order valence-corrected chi connectivity index (χ1v) is 13.0. The second kappa shape index (κ2) is 13.2. The summed E-state index contributed by atoms with van der Waals surface area (Å²) in [5, 5.41) is 8.44. The summed E-state index contributed by atoms with van der Waals surface area (Å²) in [4.78, 5) is 72.5. The summed E-state index contributed by atoms with van der Waals surface area (Å²) in [6.07, 6.45) is 4.86. The highest BCUT2D eigenvalue weighted by Gasteiger charge is 2.26. The maximum Gasteiger partial charge on any atom is 0.328 e. The number of aromatic amines is 1. The highest BCUT2D eigenvalue weighted by Crippen LogP contribution is 2.24. The van der Waals surface area contributed by atoms with Gasteiger partial charge in [-0.25, -0.2) is 4.79 Å². The van der Waals surface area contributed by atoms with Crippen LogP contribution in [0.5, 0.6) is 0 Å². The van der Waals surface area contributed by atoms with E-state index in [1.807, 2.05) is 0 Å². The van der Waals surface area contributed by atoms with Crippen molar-refractivity contribution in [3.63, 3.8) is 0 Å². The molecular formula is C27H36N6O7. The quantitative estimate of drug-likeness (QED) is 0.314. The van der Waals surface area contributed by atoms with Crippen molar-refractivity contribution >= 4 is 35.5 Å². The lowest BCUT2D eigenvalue weighted by Crippen LogP contribution is -2.42. The molecular weight excluding hydrogens is 520 g/mol. The topological polar surface area (TPSA) is 181 Å². The first-order chi connectivity index (χ1) is 18.9. The Labute approximate surface area is 231 Å². The van der Waals surface area contributed by atoms with E-state index < -0.39 is 29.3 Å². The number of carbonyl (C=O) groups is 4. The fraction of sp³-hybridized carbons (Fsp3) is 0.519. The van der Waals surface area contributed by atoms with Crippen LogP contribution < -0.4 is 21.5 Å². The summed E-state index contributed by atoms with van der Waals surface area (Å²) < 4.78 is 9.34. The number of esters is 2. The van der Waals surface area contributed by atoms with E-state index in [2.05, 4.69) is 35.6 Å². The number of aryl methyl sites for hydroxylation is 1. The molecule has 0 aliphatic carbocycles. The number of nitrogens with zero attached hydrogens (tertiary/aromatic N) is 2. The number of rotatable bonds is 10. The van der Waals surface area contributed by atoms with E-state index >= 15 is 0 Å². The number of carbonyl (C=O) groups excluding carboxylic acids is 4. The third kappa shape index (κ3) is 8.10. The van der Waals surface area contributed by atoms with Gasteiger partial charge in [-0.15, -0.1) is 0 Å². The van der Waals surface area contributed by atoms with Crippen molar-refractivity contribution in [1.29, 1.82) is 0 Å². The second-order valence-electron chi connectivity index (χ2n) is 10.7. The van der Waals surface area contributed by atoms with Crippen LogP contribution in [0.2, 0.25) is 0 Å². The first-order valence-electron chi connectivity index (χ1n) is 13.0. The van der Waals surface area contributed by atoms with Gasteiger partial charge < -0.3 is 20.1 Å². The molecule has 2 amide bonds. The summed E-state index contributed by atoms with van der Waals surface area (Å²) in [5.41, 5.74) is 0.668. The number of amides is 2. The van der Waals surface area contributed by atoms with E-state index in [0.717, 1.165) is 5.56 Å². The Morgan fingerprint density at radius 3 is 2.58 bits per heavy atom. The molecule has 1 aliphatic rings. The smallest absolute Gasteiger partial charge is 0.328 e. The van der Waals surface area contributed by atoms with Crippen LogP contribution in [0.3, 0.4) is 0 Å². The minimum atomic E-state index is -1.01. The van der Waals surface area contributed by atoms with Crippen molar-refractivity contribution in [1.82, 2.24) is 20.3 Å². The summed E-state index contributed by atoms with van der Waals surface area (Å²) in [5.74, 6) is -1.25. The fourth-order valence-corrected chi connectivity index (χ4v) is 4.11. The predicted molar refractivity (Wildman–Crippen MR) is 146 cm³/mol. The normalized spacial score (nSPS) is 15.2. The molecule has 0 spiro atoms. The molecule has 2 aromatic rings. The number of ether oxygens (including phenoxy) is 2. The molecule has 40 heavy (non-hydrogen) atoms. The molecule has 0 saturated heterocycles. The van der Waals surface area contributed by atoms with Crippen LogP contribution in [0, 0.1) is 11.3 Å². The van der Waals surface area contributed by atoms with Crippen LogP contribution in [-0.2, 0) is 36.7 Å². The number of hydrogen-bond acceptors (Lipinski definition) is 10. The monoisotopic (exact) mass is 556 g/mol. The number of aromatic nitrogens is 3. The Hall–Kier alpha value is -4.29. The molecule has 0 fully saturated rings. The molecule has 1 aliphatic heterocycles. The number of H-pyrrole nitrogens is 1. The maximum atomic E-state index is 12.8. The molecule has 13 nitrogen and oxygen atoms in total. The molecule has 216 valence electrons. The van der Waals surface area contributed by atoms with Gasteiger partial charge in [0.15, 0.2) is 0 Å². The number of fused-ring (bicyclic) bond motifs is 1. The number of hydrogen-bond donors (Lipinski definition) is 4. The van der Waals surface area contributed by atoms with Crippen molar-refractivity contribution in [2.75, 3.05) is 31.4 Å². The maximum absolute atomic E-state index is 12.8. The Kier molecular flexibility index (Phi) is 9.97. The number of pyridine rings is 1. The van der Waals surface area contributed by atoms with Gasteiger partial charge in [0.2, 0.25) is 11.9 Å². The van der Waals surface area contributed by atoms with Gasteiger partial charge in [0, 0.05) is 30.8 Å². The Morgan fingerprint density at radius 2 is 1.90 bits per heavy atom. The minimum Gasteiger partial charge on any atom is -0.469 e. The van der Waals surface area contributed by atoms with Crippen LogP contribution in [0.4, 0.5) is 11.8 Å². The van der Waals surface area contributed by atoms with Gasteiger partial charge in [0.05, 0.1) is 25.3 Å². The van der Waals surface area contributed by atoms with Gasteiger partial charge in [0.25, 0.3) is 11.5 Å². The Balaban J connectivity index is 1.60. The average Bonchev–Trinajstić information content (AvgIpc) is 2.93. The van der Waals surface area contributed by atoms with E-state index in [9.17, 15) is 24.0 Å². The van der Waals surface area contributed by atoms with Crippen LogP contribution in [0.1, 0.15) is 61.5 Å². The van der Waals surface area contributed by atoms with Crippen molar-refractivity contribution < 1.29 is 28.7 Å². The average molecular weight is 557 g/mol. The summed E-state index contributed by atoms with van der Waals surface area (Å²) in [6, 6.07) is 0.683. The first kappa shape index (κ1) is 30.3. The SMILES string of the molecule is COC(=O)CC[C@H](NC(=O)c1cncc(CCC2CNc3nc(NC(=O)C(C)(C)C)[nH]c(=O)c3C2)c1)C(=O)OC. The number of nitrogens with one attached hydrogen (secondary N) is 4. The largest absolute Gasteiger partial charge is 0.469 e. The minimum absolute atomic E-state index is 0.0345. The fourth-order valence-electron chi connectivity index (χ4n) is 4.11. The molecule has 4 N–H and O–H groups in total. The Morgan fingerprint density at radius 1 is 1.15 bits per heavy atom. The third-order valence-electron chi connectivity index (χ3n) is 6.53. The molecule has 2 aromatic heterocycles. The molecule has 3 heterocycles. The Bertz CT molecular complexity index is 1320. The molecule has 0 aromatic carbocycles. The highest BCUT2D eigenvalue weighted by molar-refractivity contribution is 5.96. The van der Waals surface area contributed by atoms with Crippen LogP contribution >= 0.6 is 0 Å². The van der Waals surface area contributed by atoms with Crippen molar-refractivity contribution in [2.45, 2.75) is 58.9 Å². The molecule has 2 atom stereocenters. The molecule has 13 heteroatoms.